The molecule has 1 aromatic carbocycles. The highest BCUT2D eigenvalue weighted by Crippen LogP contribution is 2.36. The third kappa shape index (κ3) is 8.53. The standard InChI is InChI=1S/C42H55N13O7/c1-5-54-31(15-23(3)49-54)39(59)47-41-45-29-17-25(37(43)57)9-10-33-35(29)52(41)12-7-8-13-53-36-30(46-42(53)48-40(60)32-16-24(4)50-55(32)6-2)18-26(38(44)58)19-34(36)62-22-27(21-61-33)51-14-11-28(56)20-51/h7-8,15-16,18-19,25,27-29,33,35,56H,5-6,9-14,17,20-22H2,1-4H3,(H2,43,57)(H2,44,58)(H,45,47,59)(H,46,48,60)/b8-7+/t25?,27?,28-,29?,33?,35?/m0/s1. The van der Waals surface area contributed by atoms with E-state index in [1.165, 1.54) is 0 Å². The Morgan fingerprint density at radius 1 is 0.887 bits per heavy atom. The number of aliphatic hydroxyl groups excluding tert-OH is 1. The number of carbonyl (C=O) groups is 4. The third-order valence-electron chi connectivity index (χ3n) is 12.2. The summed E-state index contributed by atoms with van der Waals surface area (Å²) >= 11 is 0. The summed E-state index contributed by atoms with van der Waals surface area (Å²) in [6, 6.07) is 5.40. The van der Waals surface area contributed by atoms with Crippen LogP contribution < -0.4 is 26.8 Å². The Bertz CT molecular complexity index is 2430. The van der Waals surface area contributed by atoms with Gasteiger partial charge in [0.1, 0.15) is 29.3 Å². The second-order valence-electron chi connectivity index (χ2n) is 16.5. The highest BCUT2D eigenvalue weighted by Gasteiger charge is 2.46. The van der Waals surface area contributed by atoms with E-state index in [4.69, 9.17) is 30.9 Å². The van der Waals surface area contributed by atoms with Crippen molar-refractivity contribution in [3.63, 3.8) is 0 Å². The molecule has 1 saturated carbocycles. The number of rotatable bonds is 8. The van der Waals surface area contributed by atoms with Crippen LogP contribution in [-0.2, 0) is 29.2 Å². The molecule has 3 aromatic heterocycles. The number of likely N-dealkylation sites (tertiary alicyclic amines) is 1. The fourth-order valence-corrected chi connectivity index (χ4v) is 9.17. The highest BCUT2D eigenvalue weighted by molar-refractivity contribution is 6.06. The molecule has 330 valence electrons. The molecule has 0 radical (unpaired) electrons. The van der Waals surface area contributed by atoms with Gasteiger partial charge in [0.2, 0.25) is 23.7 Å². The maximum absolute atomic E-state index is 13.9. The average molecular weight is 854 g/mol. The summed E-state index contributed by atoms with van der Waals surface area (Å²) in [7, 11) is 0. The molecular formula is C42H55N13O7. The first kappa shape index (κ1) is 42.6. The first-order valence-electron chi connectivity index (χ1n) is 21.3. The molecule has 62 heavy (non-hydrogen) atoms. The van der Waals surface area contributed by atoms with Gasteiger partial charge in [-0.2, -0.15) is 10.2 Å². The van der Waals surface area contributed by atoms with Crippen LogP contribution >= 0.6 is 0 Å². The first-order chi connectivity index (χ1) is 29.8. The number of imidazole rings is 1. The van der Waals surface area contributed by atoms with Crippen molar-refractivity contribution in [3.05, 3.63) is 64.8 Å². The number of aliphatic imine (C=N–C) groups is 1. The number of carbonyl (C=O) groups excluding carboxylic acids is 4. The smallest absolute Gasteiger partial charge is 0.276 e. The lowest BCUT2D eigenvalue weighted by Gasteiger charge is -2.36. The number of nitrogens with one attached hydrogen (secondary N) is 2. The van der Waals surface area contributed by atoms with Crippen molar-refractivity contribution in [1.82, 2.24) is 44.2 Å². The van der Waals surface area contributed by atoms with E-state index in [1.807, 2.05) is 44.7 Å². The summed E-state index contributed by atoms with van der Waals surface area (Å²) in [4.78, 5) is 67.2. The number of aryl methyl sites for hydroxylation is 4. The molecule has 1 aliphatic carbocycles. The number of aliphatic hydroxyl groups is 1. The zero-order valence-electron chi connectivity index (χ0n) is 35.5. The van der Waals surface area contributed by atoms with Crippen LogP contribution in [0.5, 0.6) is 5.75 Å². The molecule has 20 heteroatoms. The number of anilines is 1. The fraction of sp³-hybridized carbons (Fsp3) is 0.524. The number of ether oxygens (including phenoxy) is 2. The van der Waals surface area contributed by atoms with Crippen LogP contribution in [0.1, 0.15) is 82.3 Å². The van der Waals surface area contributed by atoms with Gasteiger partial charge in [-0.15, -0.1) is 0 Å². The summed E-state index contributed by atoms with van der Waals surface area (Å²) in [5, 5.41) is 25.6. The molecule has 2 fully saturated rings. The van der Waals surface area contributed by atoms with Crippen molar-refractivity contribution in [2.75, 3.05) is 38.2 Å². The number of hydrogen-bond donors (Lipinski definition) is 5. The summed E-state index contributed by atoms with van der Waals surface area (Å²) in [5.41, 5.74) is 15.0. The van der Waals surface area contributed by atoms with Crippen LogP contribution in [0, 0.1) is 19.8 Å². The maximum Gasteiger partial charge on any atom is 0.276 e. The van der Waals surface area contributed by atoms with Crippen molar-refractivity contribution in [2.24, 2.45) is 22.4 Å². The molecule has 4 aromatic rings. The Labute approximate surface area is 358 Å². The topological polar surface area (TPSA) is 255 Å². The van der Waals surface area contributed by atoms with Crippen molar-refractivity contribution < 1.29 is 33.8 Å². The Morgan fingerprint density at radius 2 is 1.58 bits per heavy atom. The number of primary amides is 2. The Morgan fingerprint density at radius 3 is 2.23 bits per heavy atom. The zero-order valence-corrected chi connectivity index (χ0v) is 35.5. The van der Waals surface area contributed by atoms with E-state index in [2.05, 4.69) is 25.7 Å². The largest absolute Gasteiger partial charge is 0.490 e. The van der Waals surface area contributed by atoms with Crippen molar-refractivity contribution >= 4 is 46.6 Å². The number of nitrogens with zero attached hydrogens (tertiary/aromatic N) is 9. The molecule has 0 bridgehead atoms. The normalized spacial score (nSPS) is 24.9. The predicted molar refractivity (Wildman–Crippen MR) is 228 cm³/mol. The third-order valence-corrected chi connectivity index (χ3v) is 12.2. The van der Waals surface area contributed by atoms with Gasteiger partial charge in [-0.3, -0.25) is 44.1 Å². The summed E-state index contributed by atoms with van der Waals surface area (Å²) in [6.45, 7) is 10.2. The van der Waals surface area contributed by atoms with E-state index >= 15 is 0 Å². The summed E-state index contributed by atoms with van der Waals surface area (Å²) in [5.74, 6) is -1.47. The highest BCUT2D eigenvalue weighted by atomic mass is 16.5. The summed E-state index contributed by atoms with van der Waals surface area (Å²) < 4.78 is 18.6. The molecule has 8 rings (SSSR count). The number of allylic oxidation sites excluding steroid dienone is 1. The van der Waals surface area contributed by atoms with E-state index in [9.17, 15) is 24.3 Å². The fourth-order valence-electron chi connectivity index (χ4n) is 9.17. The number of aromatic nitrogens is 6. The Hall–Kier alpha value is -6.12. The minimum Gasteiger partial charge on any atom is -0.490 e. The van der Waals surface area contributed by atoms with E-state index in [1.54, 1.807) is 38.2 Å². The van der Waals surface area contributed by atoms with Gasteiger partial charge in [0.05, 0.1) is 53.8 Å². The lowest BCUT2D eigenvalue weighted by atomic mass is 9.96. The van der Waals surface area contributed by atoms with Crippen molar-refractivity contribution in [1.29, 1.82) is 0 Å². The number of benzene rings is 1. The van der Waals surface area contributed by atoms with Crippen LogP contribution in [0.3, 0.4) is 0 Å². The second kappa shape index (κ2) is 17.7. The van der Waals surface area contributed by atoms with E-state index < -0.39 is 41.9 Å². The first-order valence-corrected chi connectivity index (χ1v) is 21.3. The van der Waals surface area contributed by atoms with Gasteiger partial charge >= 0.3 is 0 Å². The number of nitrogens with two attached hydrogens (primary N) is 2. The van der Waals surface area contributed by atoms with Crippen molar-refractivity contribution in [2.45, 2.75) is 103 Å². The quantitative estimate of drug-likeness (QED) is 0.158. The van der Waals surface area contributed by atoms with E-state index in [0.717, 1.165) is 0 Å². The Kier molecular flexibility index (Phi) is 12.2. The molecule has 0 spiro atoms. The molecule has 5 unspecified atom stereocenters. The van der Waals surface area contributed by atoms with Gasteiger partial charge in [-0.05, 0) is 77.6 Å². The number of hydrogen-bond acceptors (Lipinski definition) is 13. The molecule has 3 aliphatic heterocycles. The lowest BCUT2D eigenvalue weighted by Crippen LogP contribution is -2.53. The van der Waals surface area contributed by atoms with Crippen LogP contribution in [-0.4, -0.2) is 137 Å². The van der Waals surface area contributed by atoms with Gasteiger partial charge in [0, 0.05) is 50.7 Å². The number of guanidine groups is 1. The van der Waals surface area contributed by atoms with Gasteiger partial charge < -0.3 is 35.5 Å². The van der Waals surface area contributed by atoms with Crippen LogP contribution in [0.4, 0.5) is 5.95 Å². The minimum absolute atomic E-state index is 0.0957. The minimum atomic E-state index is -0.677. The molecule has 1 saturated heterocycles. The van der Waals surface area contributed by atoms with Gasteiger partial charge in [0.15, 0.2) is 0 Å². The van der Waals surface area contributed by atoms with Gasteiger partial charge in [0.25, 0.3) is 11.8 Å². The molecule has 7 N–H and O–H groups in total. The maximum atomic E-state index is 13.9. The summed E-state index contributed by atoms with van der Waals surface area (Å²) in [6.07, 6.45) is 4.84. The number of amides is 4. The molecule has 6 heterocycles. The molecule has 4 amide bonds. The predicted octanol–water partition coefficient (Wildman–Crippen LogP) is 1.33. The van der Waals surface area contributed by atoms with E-state index in [0.29, 0.717) is 97.4 Å². The van der Waals surface area contributed by atoms with Gasteiger partial charge in [-0.1, -0.05) is 12.2 Å². The SMILES string of the molecule is CCn1nc(C)cc1C(=O)NC1=NC2CC(C(N)=O)CCC3OCC(N4CC[C@H](O)C4)COc4cc(C(N)=O)cc5nc(NC(=O)c6cc(C)nn6CC)n(c45)C/C=C/CN1C23. The molecule has 20 nitrogen and oxygen atoms in total. The molecule has 4 aliphatic rings. The monoisotopic (exact) mass is 853 g/mol. The van der Waals surface area contributed by atoms with Crippen LogP contribution in [0.25, 0.3) is 11.0 Å². The Balaban J connectivity index is 1.21. The average Bonchev–Trinajstić information content (AvgIpc) is 4.05. The molecular weight excluding hydrogens is 799 g/mol. The van der Waals surface area contributed by atoms with E-state index in [-0.39, 0.29) is 55.8 Å². The van der Waals surface area contributed by atoms with Crippen LogP contribution in [0.2, 0.25) is 0 Å². The van der Waals surface area contributed by atoms with Crippen LogP contribution in [0.15, 0.2) is 41.4 Å². The zero-order chi connectivity index (χ0) is 43.8. The lowest BCUT2D eigenvalue weighted by molar-refractivity contribution is -0.122. The second-order valence-corrected chi connectivity index (χ2v) is 16.5. The van der Waals surface area contributed by atoms with Gasteiger partial charge in [-0.25, -0.2) is 9.98 Å². The van der Waals surface area contributed by atoms with Crippen molar-refractivity contribution in [3.8, 4) is 5.75 Å². The number of β-amino-alcohol motifs (C(OH)–C–C–N with tert-alkyl or cyclic N) is 1. The molecule has 6 atom stereocenters.